The highest BCUT2D eigenvalue weighted by Gasteiger charge is 2.35. The van der Waals surface area contributed by atoms with Gasteiger partial charge < -0.3 is 15.0 Å². The summed E-state index contributed by atoms with van der Waals surface area (Å²) in [7, 11) is 1.58. The van der Waals surface area contributed by atoms with Crippen molar-refractivity contribution in [2.24, 2.45) is 0 Å². The topological polar surface area (TPSA) is 65.4 Å². The van der Waals surface area contributed by atoms with Crippen LogP contribution in [0.4, 0.5) is 10.5 Å². The first-order chi connectivity index (χ1) is 10.1. The van der Waals surface area contributed by atoms with Gasteiger partial charge in [-0.1, -0.05) is 12.1 Å². The molecule has 0 saturated carbocycles. The second-order valence-corrected chi connectivity index (χ2v) is 6.12. The van der Waals surface area contributed by atoms with Gasteiger partial charge in [-0.05, 0) is 31.2 Å². The molecule has 1 aliphatic rings. The van der Waals surface area contributed by atoms with E-state index < -0.39 is 0 Å². The van der Waals surface area contributed by atoms with Gasteiger partial charge in [0.1, 0.15) is 10.5 Å². The molecule has 1 aliphatic heterocycles. The van der Waals surface area contributed by atoms with E-state index in [1.54, 1.807) is 29.8 Å². The quantitative estimate of drug-likeness (QED) is 0.932. The number of piperidine rings is 1. The van der Waals surface area contributed by atoms with Crippen molar-refractivity contribution in [3.63, 3.8) is 0 Å². The molecule has 0 aromatic heterocycles. The van der Waals surface area contributed by atoms with Crippen LogP contribution in [0.5, 0.6) is 5.75 Å². The number of hydrogen-bond donors (Lipinski definition) is 1. The number of likely N-dealkylation sites (tertiary alicyclic amines) is 1. The molecular formula is C15H19N3O2S. The van der Waals surface area contributed by atoms with E-state index in [-0.39, 0.29) is 10.8 Å². The van der Waals surface area contributed by atoms with Crippen LogP contribution in [0.1, 0.15) is 12.8 Å². The third kappa shape index (κ3) is 3.42. The Balaban J connectivity index is 1.98. The number of benzene rings is 1. The summed E-state index contributed by atoms with van der Waals surface area (Å²) in [6.07, 6.45) is 3.35. The molecule has 0 unspecified atom stereocenters. The molecule has 0 bridgehead atoms. The van der Waals surface area contributed by atoms with E-state index in [1.165, 1.54) is 0 Å². The largest absolute Gasteiger partial charge is 0.495 e. The number of amides is 2. The Kier molecular flexibility index (Phi) is 4.97. The van der Waals surface area contributed by atoms with Crippen LogP contribution in [0.3, 0.4) is 0 Å². The molecule has 1 heterocycles. The van der Waals surface area contributed by atoms with Crippen molar-refractivity contribution in [3.05, 3.63) is 24.3 Å². The zero-order chi connectivity index (χ0) is 15.3. The first-order valence-corrected chi connectivity index (χ1v) is 8.02. The molecular weight excluding hydrogens is 286 g/mol. The van der Waals surface area contributed by atoms with Crippen molar-refractivity contribution in [1.29, 1.82) is 5.26 Å². The van der Waals surface area contributed by atoms with Crippen molar-refractivity contribution in [2.75, 3.05) is 31.8 Å². The van der Waals surface area contributed by atoms with Gasteiger partial charge in [0.25, 0.3) is 0 Å². The van der Waals surface area contributed by atoms with Crippen LogP contribution in [0.25, 0.3) is 0 Å². The number of thioether (sulfide) groups is 1. The number of rotatable bonds is 3. The Morgan fingerprint density at radius 2 is 2.10 bits per heavy atom. The summed E-state index contributed by atoms with van der Waals surface area (Å²) in [5, 5.41) is 12.1. The lowest BCUT2D eigenvalue weighted by atomic mass is 9.97. The number of urea groups is 1. The normalized spacial score (nSPS) is 16.9. The van der Waals surface area contributed by atoms with Crippen LogP contribution < -0.4 is 10.1 Å². The Bertz CT molecular complexity index is 548. The first-order valence-electron chi connectivity index (χ1n) is 6.79. The van der Waals surface area contributed by atoms with Gasteiger partial charge in [0.05, 0.1) is 18.9 Å². The number of nitrogens with zero attached hydrogens (tertiary/aromatic N) is 2. The highest BCUT2D eigenvalue weighted by molar-refractivity contribution is 8.00. The highest BCUT2D eigenvalue weighted by Crippen LogP contribution is 2.34. The number of anilines is 1. The van der Waals surface area contributed by atoms with Gasteiger partial charge >= 0.3 is 6.03 Å². The number of methoxy groups -OCH3 is 1. The second kappa shape index (κ2) is 6.72. The molecule has 1 aromatic rings. The maximum absolute atomic E-state index is 12.3. The number of nitrogens with one attached hydrogen (secondary N) is 1. The van der Waals surface area contributed by atoms with E-state index in [1.807, 2.05) is 24.5 Å². The van der Waals surface area contributed by atoms with Gasteiger partial charge in [-0.25, -0.2) is 4.79 Å². The average molecular weight is 305 g/mol. The van der Waals surface area contributed by atoms with Crippen molar-refractivity contribution >= 4 is 23.5 Å². The summed E-state index contributed by atoms with van der Waals surface area (Å²) in [5.41, 5.74) is 0.659. The lowest BCUT2D eigenvalue weighted by Crippen LogP contribution is -2.46. The molecule has 0 atom stereocenters. The SMILES string of the molecule is COc1ccccc1NC(=O)N1CCC(C#N)(SC)CC1. The predicted molar refractivity (Wildman–Crippen MR) is 84.7 cm³/mol. The summed E-state index contributed by atoms with van der Waals surface area (Å²) in [6.45, 7) is 1.19. The Morgan fingerprint density at radius 3 is 2.67 bits per heavy atom. The minimum atomic E-state index is -0.346. The minimum absolute atomic E-state index is 0.146. The second-order valence-electron chi connectivity index (χ2n) is 4.93. The number of nitriles is 1. The number of ether oxygens (including phenoxy) is 1. The Hall–Kier alpha value is -1.87. The molecule has 112 valence electrons. The van der Waals surface area contributed by atoms with Gasteiger partial charge in [0, 0.05) is 13.1 Å². The van der Waals surface area contributed by atoms with E-state index in [0.29, 0.717) is 37.4 Å². The van der Waals surface area contributed by atoms with E-state index >= 15 is 0 Å². The smallest absolute Gasteiger partial charge is 0.321 e. The van der Waals surface area contributed by atoms with Crippen LogP contribution >= 0.6 is 11.8 Å². The average Bonchev–Trinajstić information content (AvgIpc) is 2.55. The molecule has 2 rings (SSSR count). The van der Waals surface area contributed by atoms with Gasteiger partial charge in [0.2, 0.25) is 0 Å². The fourth-order valence-electron chi connectivity index (χ4n) is 2.37. The summed E-state index contributed by atoms with van der Waals surface area (Å²) in [6, 6.07) is 9.55. The number of carbonyl (C=O) groups excluding carboxylic acids is 1. The van der Waals surface area contributed by atoms with Crippen molar-refractivity contribution in [1.82, 2.24) is 4.90 Å². The van der Waals surface area contributed by atoms with Crippen LogP contribution in [-0.4, -0.2) is 42.1 Å². The molecule has 21 heavy (non-hydrogen) atoms. The van der Waals surface area contributed by atoms with Crippen LogP contribution in [-0.2, 0) is 0 Å². The van der Waals surface area contributed by atoms with E-state index in [4.69, 9.17) is 4.74 Å². The van der Waals surface area contributed by atoms with E-state index in [0.717, 1.165) is 0 Å². The molecule has 5 nitrogen and oxygen atoms in total. The van der Waals surface area contributed by atoms with E-state index in [2.05, 4.69) is 11.4 Å². The van der Waals surface area contributed by atoms with Crippen LogP contribution in [0, 0.1) is 11.3 Å². The first kappa shape index (κ1) is 15.5. The third-order valence-electron chi connectivity index (χ3n) is 3.80. The molecule has 1 fully saturated rings. The van der Waals surface area contributed by atoms with Gasteiger partial charge in [-0.2, -0.15) is 5.26 Å². The summed E-state index contributed by atoms with van der Waals surface area (Å²) >= 11 is 1.58. The number of para-hydroxylation sites is 2. The molecule has 0 aliphatic carbocycles. The maximum atomic E-state index is 12.3. The van der Waals surface area contributed by atoms with Crippen LogP contribution in [0.15, 0.2) is 24.3 Å². The molecule has 1 N–H and O–H groups in total. The van der Waals surface area contributed by atoms with Crippen LogP contribution in [0.2, 0.25) is 0 Å². The fraction of sp³-hybridized carbons (Fsp3) is 0.467. The van der Waals surface area contributed by atoms with Crippen molar-refractivity contribution in [2.45, 2.75) is 17.6 Å². The number of carbonyl (C=O) groups is 1. The van der Waals surface area contributed by atoms with Crippen molar-refractivity contribution in [3.8, 4) is 11.8 Å². The predicted octanol–water partition coefficient (Wildman–Crippen LogP) is 2.95. The van der Waals surface area contributed by atoms with Crippen molar-refractivity contribution < 1.29 is 9.53 Å². The minimum Gasteiger partial charge on any atom is -0.495 e. The molecule has 0 spiro atoms. The lowest BCUT2D eigenvalue weighted by molar-refractivity contribution is 0.196. The molecule has 2 amide bonds. The fourth-order valence-corrected chi connectivity index (χ4v) is 3.06. The zero-order valence-electron chi connectivity index (χ0n) is 12.3. The van der Waals surface area contributed by atoms with Gasteiger partial charge in [-0.15, -0.1) is 11.8 Å². The molecule has 1 aromatic carbocycles. The van der Waals surface area contributed by atoms with E-state index in [9.17, 15) is 10.1 Å². The highest BCUT2D eigenvalue weighted by atomic mass is 32.2. The maximum Gasteiger partial charge on any atom is 0.321 e. The monoisotopic (exact) mass is 305 g/mol. The number of hydrogen-bond acceptors (Lipinski definition) is 4. The van der Waals surface area contributed by atoms with Gasteiger partial charge in [-0.3, -0.25) is 0 Å². The molecule has 6 heteroatoms. The lowest BCUT2D eigenvalue weighted by Gasteiger charge is -2.36. The summed E-state index contributed by atoms with van der Waals surface area (Å²) in [5.74, 6) is 0.637. The summed E-state index contributed by atoms with van der Waals surface area (Å²) < 4.78 is 4.88. The summed E-state index contributed by atoms with van der Waals surface area (Å²) in [4.78, 5) is 14.0. The van der Waals surface area contributed by atoms with Gasteiger partial charge in [0.15, 0.2) is 0 Å². The Morgan fingerprint density at radius 1 is 1.43 bits per heavy atom. The molecule has 1 saturated heterocycles. The molecule has 0 radical (unpaired) electrons. The Labute approximate surface area is 129 Å². The zero-order valence-corrected chi connectivity index (χ0v) is 13.1. The third-order valence-corrected chi connectivity index (χ3v) is 5.08. The standard InChI is InChI=1S/C15H19N3O2S/c1-20-13-6-4-3-5-12(13)17-14(19)18-9-7-15(11-16,21-2)8-10-18/h3-6H,7-10H2,1-2H3,(H,17,19).